The lowest BCUT2D eigenvalue weighted by molar-refractivity contribution is -0.236. The number of hydrogen-bond acceptors (Lipinski definition) is 8. The maximum absolute atomic E-state index is 14.2. The van der Waals surface area contributed by atoms with Crippen molar-refractivity contribution in [3.8, 4) is 0 Å². The van der Waals surface area contributed by atoms with E-state index in [0.717, 1.165) is 68.1 Å². The van der Waals surface area contributed by atoms with E-state index < -0.39 is 38.5 Å². The molecule has 11 heteroatoms. The molecule has 2 N–H and O–H groups in total. The molecule has 62 heavy (non-hydrogen) atoms. The summed E-state index contributed by atoms with van der Waals surface area (Å²) in [5, 5.41) is 12.9. The largest absolute Gasteiger partial charge is 0.481 e. The standard InChI is InChI=1S/C51H74N2O8S/c1-31(2)42-37(54)27-51(28-41(55)52-29-32-10-12-33(13-11-32)30-53-22-24-62(59,60)25-23-53)21-20-49(8)34(43(42)51)14-15-39-48(7)18-17-40(47(5,6)38(48)16-19-50(39,49)9)61-45(58)36-26-35(44(56)57)46(36,3)4/h10-13,31,34-36,38-40H,14-30H2,1-9H3,(H,52,55)(H,56,57)/t34-,35+,36-,38+,39-,40+,48+,49-,50-,51+/m1/s1. The number of carbonyl (C=O) groups excluding carboxylic acids is 3. The number of ketones is 1. The smallest absolute Gasteiger partial charge is 0.309 e. The van der Waals surface area contributed by atoms with Crippen LogP contribution in [0.5, 0.6) is 0 Å². The first kappa shape index (κ1) is 45.5. The van der Waals surface area contributed by atoms with Gasteiger partial charge in [-0.25, -0.2) is 8.42 Å². The van der Waals surface area contributed by atoms with Crippen molar-refractivity contribution in [3.63, 3.8) is 0 Å². The Morgan fingerprint density at radius 2 is 1.48 bits per heavy atom. The molecular formula is C51H74N2O8S. The molecule has 5 saturated carbocycles. The van der Waals surface area contributed by atoms with Gasteiger partial charge in [0, 0.05) is 49.9 Å². The number of sulfone groups is 1. The summed E-state index contributed by atoms with van der Waals surface area (Å²) in [5.41, 5.74) is 3.20. The molecule has 0 radical (unpaired) electrons. The van der Waals surface area contributed by atoms with E-state index in [1.54, 1.807) is 0 Å². The Labute approximate surface area is 371 Å². The van der Waals surface area contributed by atoms with Crippen LogP contribution in [0.1, 0.15) is 144 Å². The van der Waals surface area contributed by atoms with Gasteiger partial charge in [0.1, 0.15) is 6.10 Å². The first-order chi connectivity index (χ1) is 28.9. The lowest BCUT2D eigenvalue weighted by Gasteiger charge is -2.72. The molecule has 6 aliphatic carbocycles. The Hall–Kier alpha value is -3.05. The second-order valence-electron chi connectivity index (χ2n) is 23.5. The zero-order valence-electron chi connectivity index (χ0n) is 39.0. The molecule has 1 aliphatic heterocycles. The number of nitrogens with zero attached hydrogens (tertiary/aromatic N) is 1. The van der Waals surface area contributed by atoms with Crippen molar-refractivity contribution >= 4 is 33.5 Å². The van der Waals surface area contributed by atoms with E-state index in [4.69, 9.17) is 4.74 Å². The van der Waals surface area contributed by atoms with Gasteiger partial charge in [-0.1, -0.05) is 92.2 Å². The number of carboxylic acids is 1. The lowest BCUT2D eigenvalue weighted by atomic mass is 9.33. The fourth-order valence-electron chi connectivity index (χ4n) is 15.6. The topological polar surface area (TPSA) is 147 Å². The van der Waals surface area contributed by atoms with Crippen LogP contribution in [-0.2, 0) is 46.8 Å². The Kier molecular flexibility index (Phi) is 11.4. The zero-order valence-corrected chi connectivity index (χ0v) is 39.8. The van der Waals surface area contributed by atoms with E-state index in [1.807, 2.05) is 26.0 Å². The van der Waals surface area contributed by atoms with E-state index in [2.05, 4.69) is 70.8 Å². The third kappa shape index (κ3) is 7.24. The molecule has 342 valence electrons. The van der Waals surface area contributed by atoms with Crippen molar-refractivity contribution < 1.29 is 37.4 Å². The second-order valence-corrected chi connectivity index (χ2v) is 25.8. The van der Waals surface area contributed by atoms with Gasteiger partial charge >= 0.3 is 11.9 Å². The molecule has 1 saturated heterocycles. The molecule has 1 heterocycles. The molecule has 0 aromatic heterocycles. The van der Waals surface area contributed by atoms with Crippen LogP contribution in [0.15, 0.2) is 35.4 Å². The van der Waals surface area contributed by atoms with Gasteiger partial charge in [-0.2, -0.15) is 0 Å². The summed E-state index contributed by atoms with van der Waals surface area (Å²) < 4.78 is 30.1. The number of fused-ring (bicyclic) bond motifs is 7. The van der Waals surface area contributed by atoms with E-state index in [1.165, 1.54) is 5.57 Å². The number of nitrogens with one attached hydrogen (secondary N) is 1. The number of amides is 1. The maximum atomic E-state index is 14.2. The predicted octanol–water partition coefficient (Wildman–Crippen LogP) is 8.56. The van der Waals surface area contributed by atoms with Crippen LogP contribution in [0, 0.1) is 68.0 Å². The lowest BCUT2D eigenvalue weighted by Crippen LogP contribution is -2.66. The van der Waals surface area contributed by atoms with E-state index in [-0.39, 0.29) is 68.8 Å². The first-order valence-corrected chi connectivity index (χ1v) is 25.7. The van der Waals surface area contributed by atoms with E-state index in [9.17, 15) is 32.7 Å². The molecule has 1 aromatic carbocycles. The summed E-state index contributed by atoms with van der Waals surface area (Å²) in [6.07, 6.45) is 8.73. The minimum absolute atomic E-state index is 0.00213. The molecule has 0 unspecified atom stereocenters. The summed E-state index contributed by atoms with van der Waals surface area (Å²) in [5.74, 6) is -0.151. The third-order valence-corrected chi connectivity index (χ3v) is 21.1. The number of carbonyl (C=O) groups is 4. The average Bonchev–Trinajstić information content (AvgIpc) is 3.47. The molecule has 10 nitrogen and oxygen atoms in total. The number of allylic oxidation sites excluding steroid dienone is 2. The van der Waals surface area contributed by atoms with Crippen LogP contribution < -0.4 is 5.32 Å². The van der Waals surface area contributed by atoms with Crippen molar-refractivity contribution in [1.29, 1.82) is 0 Å². The van der Waals surface area contributed by atoms with Gasteiger partial charge in [0.25, 0.3) is 0 Å². The number of carboxylic acid groups (broad SMARTS) is 1. The van der Waals surface area contributed by atoms with Crippen molar-refractivity contribution in [3.05, 3.63) is 46.5 Å². The highest BCUT2D eigenvalue weighted by atomic mass is 32.2. The van der Waals surface area contributed by atoms with E-state index >= 15 is 0 Å². The monoisotopic (exact) mass is 875 g/mol. The van der Waals surface area contributed by atoms with Gasteiger partial charge in [-0.05, 0) is 120 Å². The molecule has 0 spiro atoms. The Balaban J connectivity index is 0.964. The first-order valence-electron chi connectivity index (χ1n) is 23.9. The van der Waals surface area contributed by atoms with Crippen molar-refractivity contribution in [2.45, 2.75) is 152 Å². The van der Waals surface area contributed by atoms with Crippen LogP contribution in [0.2, 0.25) is 0 Å². The third-order valence-electron chi connectivity index (χ3n) is 19.5. The Morgan fingerprint density at radius 1 is 0.823 bits per heavy atom. The minimum atomic E-state index is -2.92. The predicted molar refractivity (Wildman–Crippen MR) is 239 cm³/mol. The minimum Gasteiger partial charge on any atom is -0.481 e. The number of aliphatic carboxylic acids is 1. The summed E-state index contributed by atoms with van der Waals surface area (Å²) in [4.78, 5) is 55.9. The normalized spacial score (nSPS) is 39.4. The Morgan fingerprint density at radius 3 is 2.11 bits per heavy atom. The van der Waals surface area contributed by atoms with Crippen LogP contribution in [-0.4, -0.2) is 72.8 Å². The number of esters is 1. The number of Topliss-reactive ketones (excluding diaryl/α,β-unsaturated/α-hetero) is 1. The number of hydrogen-bond donors (Lipinski definition) is 2. The van der Waals surface area contributed by atoms with Gasteiger partial charge < -0.3 is 15.2 Å². The van der Waals surface area contributed by atoms with Gasteiger partial charge in [0.05, 0.1) is 23.3 Å². The van der Waals surface area contributed by atoms with Gasteiger partial charge in [-0.3, -0.25) is 24.1 Å². The van der Waals surface area contributed by atoms with Crippen molar-refractivity contribution in [1.82, 2.24) is 10.2 Å². The van der Waals surface area contributed by atoms with Crippen LogP contribution in [0.3, 0.4) is 0 Å². The molecular weight excluding hydrogens is 801 g/mol. The van der Waals surface area contributed by atoms with E-state index in [0.29, 0.717) is 57.3 Å². The van der Waals surface area contributed by atoms with Crippen LogP contribution in [0.4, 0.5) is 0 Å². The molecule has 0 bridgehead atoms. The van der Waals surface area contributed by atoms with Crippen molar-refractivity contribution in [2.24, 2.45) is 68.0 Å². The quantitative estimate of drug-likeness (QED) is 0.221. The molecule has 10 atom stereocenters. The molecule has 6 fully saturated rings. The Bertz CT molecular complexity index is 2130. The van der Waals surface area contributed by atoms with Gasteiger partial charge in [0.15, 0.2) is 15.6 Å². The maximum Gasteiger partial charge on any atom is 0.309 e. The van der Waals surface area contributed by atoms with Crippen molar-refractivity contribution in [2.75, 3.05) is 24.6 Å². The highest BCUT2D eigenvalue weighted by Crippen LogP contribution is 2.77. The molecule has 7 aliphatic rings. The van der Waals surface area contributed by atoms with Crippen LogP contribution >= 0.6 is 0 Å². The molecule has 1 aromatic rings. The summed E-state index contributed by atoms with van der Waals surface area (Å²) >= 11 is 0. The number of ether oxygens (including phenoxy) is 1. The zero-order chi connectivity index (χ0) is 45.0. The molecule has 8 rings (SSSR count). The number of benzene rings is 1. The second kappa shape index (κ2) is 15.5. The van der Waals surface area contributed by atoms with Gasteiger partial charge in [0.2, 0.25) is 5.91 Å². The highest BCUT2D eigenvalue weighted by molar-refractivity contribution is 7.91. The summed E-state index contributed by atoms with van der Waals surface area (Å²) in [6, 6.07) is 8.23. The molecule has 1 amide bonds. The highest BCUT2D eigenvalue weighted by Gasteiger charge is 2.70. The SMILES string of the molecule is CC(C)C1=C2[C@H]3CC[C@@H]4[C@@]5(C)CC[C@H](OC(=O)[C@H]6C[C@@H](C(=O)O)C6(C)C)C(C)(C)[C@@H]5CC[C@@]4(C)[C@]3(C)CC[C@@]2(CC(=O)NCc2ccc(CN3CCS(=O)(=O)CC3)cc2)CC1=O. The fourth-order valence-corrected chi connectivity index (χ4v) is 16.9. The summed E-state index contributed by atoms with van der Waals surface area (Å²) in [6.45, 7) is 22.6. The number of rotatable bonds is 10. The van der Waals surface area contributed by atoms with Crippen LogP contribution in [0.25, 0.3) is 0 Å². The fraction of sp³-hybridized carbons (Fsp3) is 0.765. The summed E-state index contributed by atoms with van der Waals surface area (Å²) in [7, 11) is -2.92. The average molecular weight is 875 g/mol. The van der Waals surface area contributed by atoms with Gasteiger partial charge in [-0.15, -0.1) is 0 Å².